The average Bonchev–Trinajstić information content (AvgIpc) is 2.94. The number of pyridine rings is 1. The lowest BCUT2D eigenvalue weighted by molar-refractivity contribution is 0.285. The molecule has 0 bridgehead atoms. The molecule has 0 unspecified atom stereocenters. The Balaban J connectivity index is 1.46. The molecule has 0 N–H and O–H groups in total. The molecule has 27 heavy (non-hydrogen) atoms. The maximum atomic E-state index is 8.94. The first-order valence-electron chi connectivity index (χ1n) is 9.56. The highest BCUT2D eigenvalue weighted by Gasteiger charge is 2.17. The van der Waals surface area contributed by atoms with Crippen LogP contribution in [-0.2, 0) is 6.54 Å². The van der Waals surface area contributed by atoms with Crippen LogP contribution in [0.5, 0.6) is 0 Å². The van der Waals surface area contributed by atoms with Gasteiger partial charge in [-0.3, -0.25) is 4.90 Å². The Hall–Kier alpha value is -2.90. The van der Waals surface area contributed by atoms with Crippen molar-refractivity contribution in [2.24, 2.45) is 0 Å². The molecule has 4 nitrogen and oxygen atoms in total. The van der Waals surface area contributed by atoms with Crippen molar-refractivity contribution in [1.82, 2.24) is 9.88 Å². The van der Waals surface area contributed by atoms with Gasteiger partial charge >= 0.3 is 0 Å². The summed E-state index contributed by atoms with van der Waals surface area (Å²) in [7, 11) is 0. The Morgan fingerprint density at radius 2 is 1.81 bits per heavy atom. The number of benzene rings is 2. The van der Waals surface area contributed by atoms with Crippen LogP contribution in [0, 0.1) is 18.3 Å². The molecular formula is C23H24N4. The molecule has 3 aromatic rings. The van der Waals surface area contributed by atoms with E-state index in [-0.39, 0.29) is 0 Å². The molecule has 4 heteroatoms. The number of anilines is 1. The van der Waals surface area contributed by atoms with Crippen molar-refractivity contribution in [3.63, 3.8) is 0 Å². The molecule has 0 spiro atoms. The third kappa shape index (κ3) is 3.94. The molecule has 0 saturated carbocycles. The van der Waals surface area contributed by atoms with Crippen molar-refractivity contribution in [2.75, 3.05) is 31.1 Å². The first-order valence-corrected chi connectivity index (χ1v) is 9.56. The number of nitriles is 1. The normalized spacial score (nSPS) is 15.5. The second-order valence-electron chi connectivity index (χ2n) is 7.24. The van der Waals surface area contributed by atoms with E-state index in [2.05, 4.69) is 65.3 Å². The van der Waals surface area contributed by atoms with Gasteiger partial charge in [-0.25, -0.2) is 4.98 Å². The number of hydrogen-bond acceptors (Lipinski definition) is 4. The van der Waals surface area contributed by atoms with Crippen molar-refractivity contribution in [1.29, 1.82) is 5.26 Å². The van der Waals surface area contributed by atoms with E-state index in [1.807, 2.05) is 12.1 Å². The van der Waals surface area contributed by atoms with Crippen molar-refractivity contribution >= 4 is 16.7 Å². The van der Waals surface area contributed by atoms with E-state index >= 15 is 0 Å². The zero-order valence-electron chi connectivity index (χ0n) is 15.7. The molecule has 1 fully saturated rings. The van der Waals surface area contributed by atoms with Gasteiger partial charge in [0.15, 0.2) is 0 Å². The lowest BCUT2D eigenvalue weighted by Gasteiger charge is -2.23. The lowest BCUT2D eigenvalue weighted by atomic mass is 10.1. The summed E-state index contributed by atoms with van der Waals surface area (Å²) >= 11 is 0. The van der Waals surface area contributed by atoms with Crippen molar-refractivity contribution in [3.8, 4) is 6.07 Å². The highest BCUT2D eigenvalue weighted by molar-refractivity contribution is 5.83. The molecule has 2 aromatic carbocycles. The molecule has 0 radical (unpaired) electrons. The summed E-state index contributed by atoms with van der Waals surface area (Å²) in [5, 5.41) is 10.2. The van der Waals surface area contributed by atoms with Gasteiger partial charge in [-0.15, -0.1) is 0 Å². The van der Waals surface area contributed by atoms with Crippen LogP contribution in [-0.4, -0.2) is 36.1 Å². The van der Waals surface area contributed by atoms with E-state index in [0.717, 1.165) is 56.0 Å². The van der Waals surface area contributed by atoms with Gasteiger partial charge in [0.1, 0.15) is 5.82 Å². The number of aromatic nitrogens is 1. The third-order valence-corrected chi connectivity index (χ3v) is 5.31. The second-order valence-corrected chi connectivity index (χ2v) is 7.24. The highest BCUT2D eigenvalue weighted by Crippen LogP contribution is 2.23. The number of fused-ring (bicyclic) bond motifs is 1. The molecule has 1 aliphatic heterocycles. The summed E-state index contributed by atoms with van der Waals surface area (Å²) in [6, 6.07) is 20.7. The minimum Gasteiger partial charge on any atom is -0.355 e. The Bertz CT molecular complexity index is 972. The predicted octanol–water partition coefficient (Wildman–Crippen LogP) is 4.13. The Kier molecular flexibility index (Phi) is 5.04. The summed E-state index contributed by atoms with van der Waals surface area (Å²) in [4.78, 5) is 9.82. The smallest absolute Gasteiger partial charge is 0.129 e. The largest absolute Gasteiger partial charge is 0.355 e. The lowest BCUT2D eigenvalue weighted by Crippen LogP contribution is -2.31. The van der Waals surface area contributed by atoms with Crippen LogP contribution in [0.1, 0.15) is 23.1 Å². The van der Waals surface area contributed by atoms with Crippen LogP contribution >= 0.6 is 0 Å². The predicted molar refractivity (Wildman–Crippen MR) is 110 cm³/mol. The second kappa shape index (κ2) is 7.77. The number of para-hydroxylation sites is 1. The summed E-state index contributed by atoms with van der Waals surface area (Å²) in [5.74, 6) is 1.09. The van der Waals surface area contributed by atoms with Gasteiger partial charge in [-0.2, -0.15) is 5.26 Å². The average molecular weight is 356 g/mol. The topological polar surface area (TPSA) is 43.2 Å². The fraction of sp³-hybridized carbons (Fsp3) is 0.304. The molecule has 0 amide bonds. The third-order valence-electron chi connectivity index (χ3n) is 5.31. The zero-order valence-corrected chi connectivity index (χ0v) is 15.7. The zero-order chi connectivity index (χ0) is 18.6. The summed E-state index contributed by atoms with van der Waals surface area (Å²) < 4.78 is 0. The molecule has 2 heterocycles. The van der Waals surface area contributed by atoms with E-state index in [0.29, 0.717) is 0 Å². The fourth-order valence-corrected chi connectivity index (χ4v) is 3.79. The minimum absolute atomic E-state index is 0.721. The molecular weight excluding hydrogens is 332 g/mol. The van der Waals surface area contributed by atoms with Crippen molar-refractivity contribution in [3.05, 3.63) is 71.3 Å². The standard InChI is InChI=1S/C23H24N4/c1-18-15-23(25-22-6-3-2-5-21(18)22)27-12-4-11-26(13-14-27)17-20-9-7-19(16-24)8-10-20/h2-3,5-10,15H,4,11-14,17H2,1H3. The number of aryl methyl sites for hydroxylation is 1. The van der Waals surface area contributed by atoms with Crippen LogP contribution in [0.4, 0.5) is 5.82 Å². The molecule has 1 aromatic heterocycles. The SMILES string of the molecule is Cc1cc(N2CCCN(Cc3ccc(C#N)cc3)CC2)nc2ccccc12. The monoisotopic (exact) mass is 356 g/mol. The van der Waals surface area contributed by atoms with Crippen LogP contribution in [0.3, 0.4) is 0 Å². The van der Waals surface area contributed by atoms with E-state index in [1.54, 1.807) is 0 Å². The van der Waals surface area contributed by atoms with Gasteiger partial charge in [0.25, 0.3) is 0 Å². The molecule has 0 aliphatic carbocycles. The van der Waals surface area contributed by atoms with Crippen molar-refractivity contribution < 1.29 is 0 Å². The number of nitrogens with zero attached hydrogens (tertiary/aromatic N) is 4. The first-order chi connectivity index (χ1) is 13.2. The van der Waals surface area contributed by atoms with Crippen LogP contribution in [0.2, 0.25) is 0 Å². The van der Waals surface area contributed by atoms with Gasteiger partial charge in [-0.05, 0) is 48.7 Å². The number of rotatable bonds is 3. The van der Waals surface area contributed by atoms with Crippen LogP contribution in [0.15, 0.2) is 54.6 Å². The van der Waals surface area contributed by atoms with Crippen LogP contribution < -0.4 is 4.90 Å². The summed E-state index contributed by atoms with van der Waals surface area (Å²) in [5.41, 5.74) is 4.35. The highest BCUT2D eigenvalue weighted by atomic mass is 15.2. The van der Waals surface area contributed by atoms with E-state index < -0.39 is 0 Å². The van der Waals surface area contributed by atoms with E-state index in [4.69, 9.17) is 10.2 Å². The van der Waals surface area contributed by atoms with E-state index in [1.165, 1.54) is 16.5 Å². The Morgan fingerprint density at radius 1 is 1.00 bits per heavy atom. The van der Waals surface area contributed by atoms with Gasteiger partial charge in [0.05, 0.1) is 17.1 Å². The molecule has 4 rings (SSSR count). The first kappa shape index (κ1) is 17.5. The van der Waals surface area contributed by atoms with Gasteiger partial charge < -0.3 is 4.90 Å². The van der Waals surface area contributed by atoms with Gasteiger partial charge in [0, 0.05) is 38.1 Å². The Morgan fingerprint density at radius 3 is 2.63 bits per heavy atom. The Labute approximate surface area is 160 Å². The summed E-state index contributed by atoms with van der Waals surface area (Å²) in [6.07, 6.45) is 1.13. The minimum atomic E-state index is 0.721. The maximum Gasteiger partial charge on any atom is 0.129 e. The van der Waals surface area contributed by atoms with Crippen LogP contribution in [0.25, 0.3) is 10.9 Å². The quantitative estimate of drug-likeness (QED) is 0.708. The number of hydrogen-bond donors (Lipinski definition) is 0. The van der Waals surface area contributed by atoms with Gasteiger partial charge in [-0.1, -0.05) is 30.3 Å². The molecule has 136 valence electrons. The maximum absolute atomic E-state index is 8.94. The van der Waals surface area contributed by atoms with Gasteiger partial charge in [0.2, 0.25) is 0 Å². The molecule has 1 aliphatic rings. The summed E-state index contributed by atoms with van der Waals surface area (Å²) in [6.45, 7) is 7.23. The van der Waals surface area contributed by atoms with Crippen molar-refractivity contribution in [2.45, 2.75) is 19.9 Å². The molecule has 1 saturated heterocycles. The van der Waals surface area contributed by atoms with E-state index in [9.17, 15) is 0 Å². The fourth-order valence-electron chi connectivity index (χ4n) is 3.79. The molecule has 0 atom stereocenters.